The lowest BCUT2D eigenvalue weighted by atomic mass is 10.0. The molecule has 0 amide bonds. The maximum Gasteiger partial charge on any atom is 0.118 e. The lowest BCUT2D eigenvalue weighted by Gasteiger charge is -2.15. The summed E-state index contributed by atoms with van der Waals surface area (Å²) >= 11 is 0. The third-order valence-corrected chi connectivity index (χ3v) is 2.11. The van der Waals surface area contributed by atoms with Crippen LogP contribution in [0.5, 0.6) is 5.75 Å². The molecule has 0 bridgehead atoms. The molecule has 1 aromatic rings. The van der Waals surface area contributed by atoms with Gasteiger partial charge in [0.05, 0.1) is 19.3 Å². The van der Waals surface area contributed by atoms with Crippen molar-refractivity contribution in [1.82, 2.24) is 0 Å². The van der Waals surface area contributed by atoms with E-state index in [1.807, 2.05) is 24.3 Å². The zero-order valence-corrected chi connectivity index (χ0v) is 8.18. The van der Waals surface area contributed by atoms with Crippen molar-refractivity contribution >= 4 is 0 Å². The lowest BCUT2D eigenvalue weighted by Crippen LogP contribution is -2.23. The molecule has 0 aliphatic rings. The quantitative estimate of drug-likeness (QED) is 0.707. The van der Waals surface area contributed by atoms with Gasteiger partial charge in [-0.25, -0.2) is 0 Å². The highest BCUT2D eigenvalue weighted by molar-refractivity contribution is 5.29. The van der Waals surface area contributed by atoms with Gasteiger partial charge in [0.15, 0.2) is 0 Å². The summed E-state index contributed by atoms with van der Waals surface area (Å²) in [5.74, 6) is 0.772. The number of aliphatic hydroxyl groups is 1. The van der Waals surface area contributed by atoms with E-state index in [-0.39, 0.29) is 0 Å². The lowest BCUT2D eigenvalue weighted by molar-refractivity contribution is 0.192. The Labute approximate surface area is 83.8 Å². The molecule has 0 radical (unpaired) electrons. The maximum absolute atomic E-state index is 9.43. The summed E-state index contributed by atoms with van der Waals surface area (Å²) in [6.07, 6.45) is 0.706. The number of ether oxygens (including phenoxy) is 1. The highest BCUT2D eigenvalue weighted by Gasteiger charge is 2.12. The van der Waals surface area contributed by atoms with Crippen molar-refractivity contribution in [3.8, 4) is 5.75 Å². The molecule has 0 unspecified atom stereocenters. The fourth-order valence-corrected chi connectivity index (χ4v) is 1.17. The SMILES string of the molecule is C=C[C@H](O)[C@H](N)c1ccc(OC)cc1. The minimum Gasteiger partial charge on any atom is -0.497 e. The molecule has 0 aliphatic heterocycles. The second-order valence-electron chi connectivity index (χ2n) is 3.03. The summed E-state index contributed by atoms with van der Waals surface area (Å²) in [4.78, 5) is 0. The monoisotopic (exact) mass is 193 g/mol. The van der Waals surface area contributed by atoms with Gasteiger partial charge in [0, 0.05) is 0 Å². The van der Waals surface area contributed by atoms with Crippen LogP contribution in [0.3, 0.4) is 0 Å². The Balaban J connectivity index is 2.80. The molecule has 2 atom stereocenters. The Morgan fingerprint density at radius 1 is 1.43 bits per heavy atom. The van der Waals surface area contributed by atoms with Gasteiger partial charge < -0.3 is 15.6 Å². The molecule has 0 aromatic heterocycles. The number of aliphatic hydroxyl groups excluding tert-OH is 1. The minimum absolute atomic E-state index is 0.432. The number of hydrogen-bond donors (Lipinski definition) is 2. The van der Waals surface area contributed by atoms with Gasteiger partial charge >= 0.3 is 0 Å². The molecule has 0 aliphatic carbocycles. The van der Waals surface area contributed by atoms with Crippen molar-refractivity contribution in [2.75, 3.05) is 7.11 Å². The van der Waals surface area contributed by atoms with Crippen LogP contribution < -0.4 is 10.5 Å². The van der Waals surface area contributed by atoms with Gasteiger partial charge in [-0.15, -0.1) is 6.58 Å². The average molecular weight is 193 g/mol. The van der Waals surface area contributed by atoms with Crippen LogP contribution in [0.15, 0.2) is 36.9 Å². The molecule has 14 heavy (non-hydrogen) atoms. The van der Waals surface area contributed by atoms with Crippen LogP contribution in [-0.2, 0) is 0 Å². The number of nitrogens with two attached hydrogens (primary N) is 1. The molecule has 3 N–H and O–H groups in total. The number of hydrogen-bond acceptors (Lipinski definition) is 3. The van der Waals surface area contributed by atoms with E-state index >= 15 is 0 Å². The molecular weight excluding hydrogens is 178 g/mol. The van der Waals surface area contributed by atoms with Gasteiger partial charge in [0.25, 0.3) is 0 Å². The predicted octanol–water partition coefficient (Wildman–Crippen LogP) is 1.24. The largest absolute Gasteiger partial charge is 0.497 e. The second kappa shape index (κ2) is 4.79. The molecule has 1 rings (SSSR count). The fourth-order valence-electron chi connectivity index (χ4n) is 1.17. The first-order valence-electron chi connectivity index (χ1n) is 4.39. The zero-order chi connectivity index (χ0) is 10.6. The van der Waals surface area contributed by atoms with Gasteiger partial charge in [-0.05, 0) is 17.7 Å². The van der Waals surface area contributed by atoms with E-state index < -0.39 is 12.1 Å². The van der Waals surface area contributed by atoms with Gasteiger partial charge in [-0.1, -0.05) is 18.2 Å². The molecule has 1 aromatic carbocycles. The average Bonchev–Trinajstić information content (AvgIpc) is 2.27. The summed E-state index contributed by atoms with van der Waals surface area (Å²) < 4.78 is 5.01. The van der Waals surface area contributed by atoms with Crippen LogP contribution >= 0.6 is 0 Å². The summed E-state index contributed by atoms with van der Waals surface area (Å²) in [5, 5.41) is 9.43. The molecule has 0 saturated carbocycles. The van der Waals surface area contributed by atoms with Crippen LogP contribution in [0.1, 0.15) is 11.6 Å². The van der Waals surface area contributed by atoms with Crippen molar-refractivity contribution in [3.63, 3.8) is 0 Å². The topological polar surface area (TPSA) is 55.5 Å². The van der Waals surface area contributed by atoms with E-state index in [0.717, 1.165) is 11.3 Å². The normalized spacial score (nSPS) is 14.5. The van der Waals surface area contributed by atoms with Crippen LogP contribution in [0.4, 0.5) is 0 Å². The molecular formula is C11H15NO2. The number of methoxy groups -OCH3 is 1. The van der Waals surface area contributed by atoms with Crippen LogP contribution in [0.25, 0.3) is 0 Å². The molecule has 3 heteroatoms. The number of benzene rings is 1. The maximum atomic E-state index is 9.43. The van der Waals surface area contributed by atoms with E-state index in [1.54, 1.807) is 7.11 Å². The van der Waals surface area contributed by atoms with Gasteiger partial charge in [0.1, 0.15) is 5.75 Å². The Kier molecular flexibility index (Phi) is 3.68. The molecule has 0 heterocycles. The Bertz CT molecular complexity index is 295. The van der Waals surface area contributed by atoms with Gasteiger partial charge in [-0.3, -0.25) is 0 Å². The van der Waals surface area contributed by atoms with Crippen LogP contribution in [0, 0.1) is 0 Å². The highest BCUT2D eigenvalue weighted by Crippen LogP contribution is 2.18. The standard InChI is InChI=1S/C11H15NO2/c1-3-10(13)11(12)8-4-6-9(14-2)7-5-8/h3-7,10-11,13H,1,12H2,2H3/t10-,11+/m0/s1. The van der Waals surface area contributed by atoms with Crippen molar-refractivity contribution in [3.05, 3.63) is 42.5 Å². The Morgan fingerprint density at radius 2 is 2.00 bits per heavy atom. The van der Waals surface area contributed by atoms with E-state index in [1.165, 1.54) is 6.08 Å². The first-order valence-corrected chi connectivity index (χ1v) is 4.39. The third kappa shape index (κ3) is 2.34. The Morgan fingerprint density at radius 3 is 2.43 bits per heavy atom. The summed E-state index contributed by atoms with van der Waals surface area (Å²) in [7, 11) is 1.60. The summed E-state index contributed by atoms with van der Waals surface area (Å²) in [6.45, 7) is 3.49. The second-order valence-corrected chi connectivity index (χ2v) is 3.03. The van der Waals surface area contributed by atoms with Crippen LogP contribution in [-0.4, -0.2) is 18.3 Å². The van der Waals surface area contributed by atoms with Crippen molar-refractivity contribution in [1.29, 1.82) is 0 Å². The minimum atomic E-state index is -0.719. The molecule has 76 valence electrons. The first-order chi connectivity index (χ1) is 6.69. The summed E-state index contributed by atoms with van der Waals surface area (Å²) in [5.41, 5.74) is 6.64. The van der Waals surface area contributed by atoms with Crippen molar-refractivity contribution < 1.29 is 9.84 Å². The smallest absolute Gasteiger partial charge is 0.118 e. The zero-order valence-electron chi connectivity index (χ0n) is 8.18. The number of rotatable bonds is 4. The van der Waals surface area contributed by atoms with E-state index in [9.17, 15) is 5.11 Å². The fraction of sp³-hybridized carbons (Fsp3) is 0.273. The predicted molar refractivity (Wildman–Crippen MR) is 56.1 cm³/mol. The van der Waals surface area contributed by atoms with E-state index in [2.05, 4.69) is 6.58 Å². The summed E-state index contributed by atoms with van der Waals surface area (Å²) in [6, 6.07) is 6.85. The Hall–Kier alpha value is -1.32. The van der Waals surface area contributed by atoms with E-state index in [0.29, 0.717) is 0 Å². The van der Waals surface area contributed by atoms with Gasteiger partial charge in [-0.2, -0.15) is 0 Å². The first kappa shape index (κ1) is 10.8. The molecule has 0 spiro atoms. The highest BCUT2D eigenvalue weighted by atomic mass is 16.5. The molecule has 0 fully saturated rings. The molecule has 3 nitrogen and oxygen atoms in total. The van der Waals surface area contributed by atoms with E-state index in [4.69, 9.17) is 10.5 Å². The van der Waals surface area contributed by atoms with Crippen molar-refractivity contribution in [2.24, 2.45) is 5.73 Å². The van der Waals surface area contributed by atoms with Crippen molar-refractivity contribution in [2.45, 2.75) is 12.1 Å². The van der Waals surface area contributed by atoms with Crippen LogP contribution in [0.2, 0.25) is 0 Å². The third-order valence-electron chi connectivity index (χ3n) is 2.11. The van der Waals surface area contributed by atoms with Gasteiger partial charge in [0.2, 0.25) is 0 Å². The molecule has 0 saturated heterocycles.